The van der Waals surface area contributed by atoms with Crippen molar-refractivity contribution in [2.45, 2.75) is 18.7 Å². The van der Waals surface area contributed by atoms with Gasteiger partial charge in [0.05, 0.1) is 16.1 Å². The largest absolute Gasteiger partial charge is 0.486 e. The van der Waals surface area contributed by atoms with E-state index >= 15 is 0 Å². The minimum Gasteiger partial charge on any atom is -0.486 e. The highest BCUT2D eigenvalue weighted by Gasteiger charge is 2.20. The molecule has 2 heterocycles. The van der Waals surface area contributed by atoms with E-state index in [4.69, 9.17) is 9.47 Å². The Morgan fingerprint density at radius 1 is 0.886 bits per heavy atom. The number of fused-ring (bicyclic) bond motifs is 2. The summed E-state index contributed by atoms with van der Waals surface area (Å²) in [6.45, 7) is 4.53. The lowest BCUT2D eigenvalue weighted by molar-refractivity contribution is 0.102. The number of anilines is 2. The standard InChI is InChI=1S/C26H23N3O5S/c1-16-3-7-20(29-35(31,32)21-8-10-24-25(15-21)34-12-11-33-24)14-23(16)28-26(30)19-6-9-22-18(13-19)5-4-17(2)27-22/h3-10,13-15,29H,11-12H2,1-2H3,(H,28,30). The van der Waals surface area contributed by atoms with Crippen LogP contribution in [0.4, 0.5) is 11.4 Å². The van der Waals surface area contributed by atoms with Gasteiger partial charge in [-0.25, -0.2) is 8.42 Å². The summed E-state index contributed by atoms with van der Waals surface area (Å²) in [6, 6.07) is 18.6. The van der Waals surface area contributed by atoms with Crippen LogP contribution in [0.5, 0.6) is 11.5 Å². The number of rotatable bonds is 5. The van der Waals surface area contributed by atoms with Crippen molar-refractivity contribution in [3.63, 3.8) is 0 Å². The molecule has 3 aromatic carbocycles. The Bertz CT molecular complexity index is 1570. The molecule has 8 nitrogen and oxygen atoms in total. The Balaban J connectivity index is 1.37. The van der Waals surface area contributed by atoms with Crippen LogP contribution in [0.1, 0.15) is 21.6 Å². The normalized spacial score (nSPS) is 12.9. The van der Waals surface area contributed by atoms with Crippen LogP contribution >= 0.6 is 0 Å². The number of carbonyl (C=O) groups is 1. The molecule has 5 rings (SSSR count). The van der Waals surface area contributed by atoms with E-state index < -0.39 is 10.0 Å². The molecule has 0 atom stereocenters. The third-order valence-electron chi connectivity index (χ3n) is 5.65. The highest BCUT2D eigenvalue weighted by molar-refractivity contribution is 7.92. The molecular formula is C26H23N3O5S. The molecule has 0 bridgehead atoms. The molecule has 0 fully saturated rings. The predicted molar refractivity (Wildman–Crippen MR) is 134 cm³/mol. The van der Waals surface area contributed by atoms with Crippen molar-refractivity contribution < 1.29 is 22.7 Å². The van der Waals surface area contributed by atoms with Crippen molar-refractivity contribution in [1.29, 1.82) is 0 Å². The van der Waals surface area contributed by atoms with Gasteiger partial charge in [0.25, 0.3) is 15.9 Å². The molecule has 0 aliphatic carbocycles. The smallest absolute Gasteiger partial charge is 0.262 e. The van der Waals surface area contributed by atoms with Crippen molar-refractivity contribution in [2.75, 3.05) is 23.3 Å². The van der Waals surface area contributed by atoms with Crippen molar-refractivity contribution in [3.05, 3.63) is 83.6 Å². The number of sulfonamides is 1. The number of amides is 1. The van der Waals surface area contributed by atoms with Gasteiger partial charge in [0, 0.05) is 28.4 Å². The van der Waals surface area contributed by atoms with Crippen LogP contribution in [-0.2, 0) is 10.0 Å². The van der Waals surface area contributed by atoms with E-state index in [1.165, 1.54) is 12.1 Å². The van der Waals surface area contributed by atoms with Crippen molar-refractivity contribution >= 4 is 38.2 Å². The first-order valence-electron chi connectivity index (χ1n) is 11.0. The fourth-order valence-electron chi connectivity index (χ4n) is 3.79. The average molecular weight is 490 g/mol. The van der Waals surface area contributed by atoms with Gasteiger partial charge in [0.2, 0.25) is 0 Å². The van der Waals surface area contributed by atoms with Crippen LogP contribution in [0.3, 0.4) is 0 Å². The second-order valence-electron chi connectivity index (χ2n) is 8.25. The molecule has 0 unspecified atom stereocenters. The first kappa shape index (κ1) is 22.7. The molecule has 178 valence electrons. The number of benzene rings is 3. The first-order chi connectivity index (χ1) is 16.8. The summed E-state index contributed by atoms with van der Waals surface area (Å²) in [4.78, 5) is 17.4. The second kappa shape index (κ2) is 8.92. The van der Waals surface area contributed by atoms with Crippen LogP contribution in [0.2, 0.25) is 0 Å². The molecule has 1 amide bonds. The molecule has 1 aliphatic rings. The van der Waals surface area contributed by atoms with Crippen LogP contribution in [0.15, 0.2) is 71.6 Å². The summed E-state index contributed by atoms with van der Waals surface area (Å²) in [6.07, 6.45) is 0. The van der Waals surface area contributed by atoms with Gasteiger partial charge in [-0.05, 0) is 67.9 Å². The molecule has 0 saturated heterocycles. The van der Waals surface area contributed by atoms with Crippen LogP contribution in [0, 0.1) is 13.8 Å². The van der Waals surface area contributed by atoms with Crippen molar-refractivity contribution in [2.24, 2.45) is 0 Å². The van der Waals surface area contributed by atoms with E-state index in [0.717, 1.165) is 22.2 Å². The van der Waals surface area contributed by atoms with E-state index in [0.29, 0.717) is 41.7 Å². The van der Waals surface area contributed by atoms with Gasteiger partial charge in [-0.15, -0.1) is 0 Å². The van der Waals surface area contributed by atoms with Crippen LogP contribution in [-0.4, -0.2) is 32.5 Å². The molecule has 0 radical (unpaired) electrons. The van der Waals surface area contributed by atoms with Gasteiger partial charge in [-0.1, -0.05) is 12.1 Å². The monoisotopic (exact) mass is 489 g/mol. The highest BCUT2D eigenvalue weighted by atomic mass is 32.2. The van der Waals surface area contributed by atoms with E-state index in [-0.39, 0.29) is 10.8 Å². The van der Waals surface area contributed by atoms with Crippen LogP contribution < -0.4 is 19.5 Å². The number of pyridine rings is 1. The number of aryl methyl sites for hydroxylation is 2. The molecule has 0 spiro atoms. The number of ether oxygens (including phenoxy) is 2. The number of carbonyl (C=O) groups excluding carboxylic acids is 1. The molecule has 4 aromatic rings. The fraction of sp³-hybridized carbons (Fsp3) is 0.154. The lowest BCUT2D eigenvalue weighted by Crippen LogP contribution is -2.17. The quantitative estimate of drug-likeness (QED) is 0.422. The molecule has 35 heavy (non-hydrogen) atoms. The lowest BCUT2D eigenvalue weighted by Gasteiger charge is -2.19. The molecule has 0 saturated carbocycles. The maximum Gasteiger partial charge on any atom is 0.262 e. The van der Waals surface area contributed by atoms with E-state index in [9.17, 15) is 13.2 Å². The minimum absolute atomic E-state index is 0.0490. The molecule has 9 heteroatoms. The Labute approximate surface area is 203 Å². The zero-order valence-corrected chi connectivity index (χ0v) is 20.0. The van der Waals surface area contributed by atoms with Crippen molar-refractivity contribution in [1.82, 2.24) is 4.98 Å². The molecule has 1 aromatic heterocycles. The van der Waals surface area contributed by atoms with Gasteiger partial charge in [0.15, 0.2) is 11.5 Å². The number of nitrogens with zero attached hydrogens (tertiary/aromatic N) is 1. The zero-order chi connectivity index (χ0) is 24.6. The first-order valence-corrected chi connectivity index (χ1v) is 12.5. The molecule has 1 aliphatic heterocycles. The maximum absolute atomic E-state index is 13.0. The van der Waals surface area contributed by atoms with E-state index in [2.05, 4.69) is 15.0 Å². The summed E-state index contributed by atoms with van der Waals surface area (Å²) in [5, 5.41) is 3.74. The van der Waals surface area contributed by atoms with E-state index in [1.807, 2.05) is 32.0 Å². The van der Waals surface area contributed by atoms with Gasteiger partial charge < -0.3 is 14.8 Å². The van der Waals surface area contributed by atoms with Gasteiger partial charge >= 0.3 is 0 Å². The minimum atomic E-state index is -3.89. The molecular weight excluding hydrogens is 466 g/mol. The SMILES string of the molecule is Cc1ccc2cc(C(=O)Nc3cc(NS(=O)(=O)c4ccc5c(c4)OCCO5)ccc3C)ccc2n1. The number of hydrogen-bond acceptors (Lipinski definition) is 6. The number of aromatic nitrogens is 1. The summed E-state index contributed by atoms with van der Waals surface area (Å²) in [5.41, 5.74) is 3.80. The number of hydrogen-bond donors (Lipinski definition) is 2. The Kier molecular flexibility index (Phi) is 5.78. The summed E-state index contributed by atoms with van der Waals surface area (Å²) in [5.74, 6) is 0.592. The summed E-state index contributed by atoms with van der Waals surface area (Å²) >= 11 is 0. The van der Waals surface area contributed by atoms with Gasteiger partial charge in [-0.3, -0.25) is 14.5 Å². The maximum atomic E-state index is 13.0. The highest BCUT2D eigenvalue weighted by Crippen LogP contribution is 2.33. The third kappa shape index (κ3) is 4.76. The number of nitrogens with one attached hydrogen (secondary N) is 2. The Hall–Kier alpha value is -4.11. The van der Waals surface area contributed by atoms with Crippen molar-refractivity contribution in [3.8, 4) is 11.5 Å². The average Bonchev–Trinajstić information content (AvgIpc) is 2.85. The Morgan fingerprint density at radius 3 is 2.51 bits per heavy atom. The third-order valence-corrected chi connectivity index (χ3v) is 7.03. The van der Waals surface area contributed by atoms with Gasteiger partial charge in [0.1, 0.15) is 13.2 Å². The fourth-order valence-corrected chi connectivity index (χ4v) is 4.85. The lowest BCUT2D eigenvalue weighted by atomic mass is 10.1. The molecule has 2 N–H and O–H groups in total. The summed E-state index contributed by atoms with van der Waals surface area (Å²) in [7, 11) is -3.89. The van der Waals surface area contributed by atoms with Gasteiger partial charge in [-0.2, -0.15) is 0 Å². The predicted octanol–water partition coefficient (Wildman–Crippen LogP) is 4.68. The van der Waals surface area contributed by atoms with Crippen LogP contribution in [0.25, 0.3) is 10.9 Å². The second-order valence-corrected chi connectivity index (χ2v) is 9.94. The zero-order valence-electron chi connectivity index (χ0n) is 19.2. The van der Waals surface area contributed by atoms with E-state index in [1.54, 1.807) is 36.4 Å². The Morgan fingerprint density at radius 2 is 1.69 bits per heavy atom. The summed E-state index contributed by atoms with van der Waals surface area (Å²) < 4.78 is 39.5. The topological polar surface area (TPSA) is 107 Å².